The average Bonchev–Trinajstić information content (AvgIpc) is 2.88. The molecule has 3 rings (SSSR count). The van der Waals surface area contributed by atoms with Crippen molar-refractivity contribution in [2.24, 2.45) is 0 Å². The van der Waals surface area contributed by atoms with Crippen molar-refractivity contribution in [2.45, 2.75) is 26.8 Å². The van der Waals surface area contributed by atoms with Gasteiger partial charge >= 0.3 is 0 Å². The van der Waals surface area contributed by atoms with E-state index in [2.05, 4.69) is 15.7 Å². The van der Waals surface area contributed by atoms with Crippen molar-refractivity contribution in [3.63, 3.8) is 0 Å². The molecule has 7 nitrogen and oxygen atoms in total. The third-order valence-electron chi connectivity index (χ3n) is 3.81. The molecule has 1 aromatic carbocycles. The molecule has 2 N–H and O–H groups in total. The number of amides is 2. The fourth-order valence-electron chi connectivity index (χ4n) is 2.65. The lowest BCUT2D eigenvalue weighted by atomic mass is 10.1. The van der Waals surface area contributed by atoms with Gasteiger partial charge in [-0.25, -0.2) is 0 Å². The maximum absolute atomic E-state index is 12.2. The van der Waals surface area contributed by atoms with E-state index in [4.69, 9.17) is 4.74 Å². The molecule has 1 aliphatic rings. The number of nitrogens with one attached hydrogen (secondary N) is 2. The number of rotatable bonds is 5. The standard InChI is InChI=1S/C17H20N4O3/c1-11-8-12(2)21(20-11)7-3-6-18-17(23)13-4-5-14-15(9-13)24-10-16(22)19-14/h4-5,8-9H,3,6-7,10H2,1-2H3,(H,18,23)(H,19,22). The fraction of sp³-hybridized carbons (Fsp3) is 0.353. The Balaban J connectivity index is 1.52. The number of hydrogen-bond acceptors (Lipinski definition) is 4. The SMILES string of the molecule is Cc1cc(C)n(CCCNC(=O)c2ccc3c(c2)OCC(=O)N3)n1. The fourth-order valence-corrected chi connectivity index (χ4v) is 2.65. The van der Waals surface area contributed by atoms with Crippen molar-refractivity contribution in [1.82, 2.24) is 15.1 Å². The number of nitrogens with zero attached hydrogens (tertiary/aromatic N) is 2. The van der Waals surface area contributed by atoms with Crippen LogP contribution in [-0.2, 0) is 11.3 Å². The topological polar surface area (TPSA) is 85.2 Å². The highest BCUT2D eigenvalue weighted by molar-refractivity contribution is 5.98. The third-order valence-corrected chi connectivity index (χ3v) is 3.81. The number of carbonyl (C=O) groups is 2. The van der Waals surface area contributed by atoms with Crippen LogP contribution < -0.4 is 15.4 Å². The van der Waals surface area contributed by atoms with Gasteiger partial charge in [0.1, 0.15) is 5.75 Å². The van der Waals surface area contributed by atoms with Gasteiger partial charge in [0.15, 0.2) is 6.61 Å². The van der Waals surface area contributed by atoms with Crippen LogP contribution in [-0.4, -0.2) is 34.7 Å². The summed E-state index contributed by atoms with van der Waals surface area (Å²) in [6, 6.07) is 7.02. The number of aromatic nitrogens is 2. The minimum Gasteiger partial charge on any atom is -0.482 e. The monoisotopic (exact) mass is 328 g/mol. The number of benzene rings is 1. The summed E-state index contributed by atoms with van der Waals surface area (Å²) in [4.78, 5) is 23.4. The zero-order valence-corrected chi connectivity index (χ0v) is 13.8. The normalized spacial score (nSPS) is 13.0. The Morgan fingerprint density at radius 2 is 2.21 bits per heavy atom. The predicted octanol–water partition coefficient (Wildman–Crippen LogP) is 1.65. The van der Waals surface area contributed by atoms with Gasteiger partial charge in [0.25, 0.3) is 11.8 Å². The van der Waals surface area contributed by atoms with E-state index in [1.807, 2.05) is 24.6 Å². The van der Waals surface area contributed by atoms with Gasteiger partial charge in [-0.05, 0) is 44.5 Å². The summed E-state index contributed by atoms with van der Waals surface area (Å²) in [5, 5.41) is 9.98. The zero-order chi connectivity index (χ0) is 17.1. The Labute approximate surface area is 140 Å². The highest BCUT2D eigenvalue weighted by Gasteiger charge is 2.17. The van der Waals surface area contributed by atoms with E-state index in [1.165, 1.54) is 0 Å². The highest BCUT2D eigenvalue weighted by atomic mass is 16.5. The molecule has 0 bridgehead atoms. The number of ether oxygens (including phenoxy) is 1. The van der Waals surface area contributed by atoms with E-state index in [-0.39, 0.29) is 18.4 Å². The lowest BCUT2D eigenvalue weighted by molar-refractivity contribution is -0.118. The Morgan fingerprint density at radius 3 is 2.96 bits per heavy atom. The lowest BCUT2D eigenvalue weighted by Crippen LogP contribution is -2.27. The maximum Gasteiger partial charge on any atom is 0.262 e. The molecule has 0 aliphatic carbocycles. The van der Waals surface area contributed by atoms with Crippen LogP contribution in [0.2, 0.25) is 0 Å². The van der Waals surface area contributed by atoms with E-state index in [0.29, 0.717) is 23.5 Å². The summed E-state index contributed by atoms with van der Waals surface area (Å²) < 4.78 is 7.26. The van der Waals surface area contributed by atoms with Gasteiger partial charge in [0, 0.05) is 24.3 Å². The molecule has 0 radical (unpaired) electrons. The Kier molecular flexibility index (Phi) is 4.50. The first kappa shape index (κ1) is 16.0. The second-order valence-corrected chi connectivity index (χ2v) is 5.81. The van der Waals surface area contributed by atoms with E-state index >= 15 is 0 Å². The van der Waals surface area contributed by atoms with Crippen LogP contribution in [0.25, 0.3) is 0 Å². The Bertz CT molecular complexity index is 782. The van der Waals surface area contributed by atoms with Crippen LogP contribution in [0, 0.1) is 13.8 Å². The summed E-state index contributed by atoms with van der Waals surface area (Å²) in [6.07, 6.45) is 0.797. The molecule has 2 amide bonds. The molecule has 7 heteroatoms. The van der Waals surface area contributed by atoms with E-state index in [1.54, 1.807) is 18.2 Å². The molecule has 0 saturated carbocycles. The Morgan fingerprint density at radius 1 is 1.38 bits per heavy atom. The molecule has 0 spiro atoms. The highest BCUT2D eigenvalue weighted by Crippen LogP contribution is 2.28. The van der Waals surface area contributed by atoms with Gasteiger partial charge in [-0.15, -0.1) is 0 Å². The van der Waals surface area contributed by atoms with Crippen LogP contribution in [0.4, 0.5) is 5.69 Å². The summed E-state index contributed by atoms with van der Waals surface area (Å²) in [5.74, 6) is 0.167. The summed E-state index contributed by atoms with van der Waals surface area (Å²) in [7, 11) is 0. The van der Waals surface area contributed by atoms with Gasteiger partial charge in [0.2, 0.25) is 0 Å². The number of fused-ring (bicyclic) bond motifs is 1. The smallest absolute Gasteiger partial charge is 0.262 e. The zero-order valence-electron chi connectivity index (χ0n) is 13.8. The third kappa shape index (κ3) is 3.56. The van der Waals surface area contributed by atoms with Gasteiger partial charge in [0.05, 0.1) is 11.4 Å². The molecule has 1 aromatic heterocycles. The molecule has 126 valence electrons. The first-order valence-corrected chi connectivity index (χ1v) is 7.89. The van der Waals surface area contributed by atoms with Crippen molar-refractivity contribution >= 4 is 17.5 Å². The van der Waals surface area contributed by atoms with Crippen molar-refractivity contribution in [2.75, 3.05) is 18.5 Å². The van der Waals surface area contributed by atoms with E-state index < -0.39 is 0 Å². The number of anilines is 1. The molecule has 2 heterocycles. The predicted molar refractivity (Wildman–Crippen MR) is 89.2 cm³/mol. The van der Waals surface area contributed by atoms with Crippen molar-refractivity contribution in [3.05, 3.63) is 41.2 Å². The maximum atomic E-state index is 12.2. The summed E-state index contributed by atoms with van der Waals surface area (Å²) in [6.45, 7) is 5.28. The molecule has 1 aliphatic heterocycles. The minimum atomic E-state index is -0.191. The second kappa shape index (κ2) is 6.74. The van der Waals surface area contributed by atoms with Crippen molar-refractivity contribution < 1.29 is 14.3 Å². The number of hydrogen-bond donors (Lipinski definition) is 2. The van der Waals surface area contributed by atoms with Gasteiger partial charge in [-0.1, -0.05) is 0 Å². The van der Waals surface area contributed by atoms with Crippen molar-refractivity contribution in [1.29, 1.82) is 0 Å². The average molecular weight is 328 g/mol. The largest absolute Gasteiger partial charge is 0.482 e. The lowest BCUT2D eigenvalue weighted by Gasteiger charge is -2.18. The summed E-state index contributed by atoms with van der Waals surface area (Å²) >= 11 is 0. The molecular formula is C17H20N4O3. The molecule has 0 unspecified atom stereocenters. The van der Waals surface area contributed by atoms with Gasteiger partial charge in [-0.3, -0.25) is 14.3 Å². The molecule has 0 fully saturated rings. The molecule has 0 saturated heterocycles. The van der Waals surface area contributed by atoms with E-state index in [9.17, 15) is 9.59 Å². The van der Waals surface area contributed by atoms with Crippen LogP contribution in [0.15, 0.2) is 24.3 Å². The number of aryl methyl sites for hydroxylation is 3. The Hall–Kier alpha value is -2.83. The van der Waals surface area contributed by atoms with Crippen molar-refractivity contribution in [3.8, 4) is 5.75 Å². The van der Waals surface area contributed by atoms with Crippen LogP contribution >= 0.6 is 0 Å². The first-order chi connectivity index (χ1) is 11.5. The molecule has 24 heavy (non-hydrogen) atoms. The van der Waals surface area contributed by atoms with Crippen LogP contribution in [0.3, 0.4) is 0 Å². The molecule has 2 aromatic rings. The number of carbonyl (C=O) groups excluding carboxylic acids is 2. The molecule has 0 atom stereocenters. The first-order valence-electron chi connectivity index (χ1n) is 7.89. The van der Waals surface area contributed by atoms with Crippen LogP contribution in [0.5, 0.6) is 5.75 Å². The van der Waals surface area contributed by atoms with Gasteiger partial charge < -0.3 is 15.4 Å². The summed E-state index contributed by atoms with van der Waals surface area (Å²) in [5.41, 5.74) is 3.22. The molecular weight excluding hydrogens is 308 g/mol. The quantitative estimate of drug-likeness (QED) is 0.817. The minimum absolute atomic E-state index is 0.0271. The second-order valence-electron chi connectivity index (χ2n) is 5.81. The van der Waals surface area contributed by atoms with Crippen LogP contribution in [0.1, 0.15) is 28.2 Å². The van der Waals surface area contributed by atoms with E-state index in [0.717, 1.165) is 24.4 Å². The van der Waals surface area contributed by atoms with Gasteiger partial charge in [-0.2, -0.15) is 5.10 Å².